The maximum absolute atomic E-state index is 12.6. The summed E-state index contributed by atoms with van der Waals surface area (Å²) in [6.07, 6.45) is 0. The molecule has 0 aliphatic carbocycles. The van der Waals surface area contributed by atoms with Crippen molar-refractivity contribution in [3.63, 3.8) is 0 Å². The molecule has 1 N–H and O–H groups in total. The quantitative estimate of drug-likeness (QED) is 0.946. The molecular formula is C18H17NO4. The van der Waals surface area contributed by atoms with Crippen LogP contribution in [-0.4, -0.2) is 36.0 Å². The molecule has 0 aromatic heterocycles. The molecule has 1 amide bonds. The Balaban J connectivity index is 2.18. The molecule has 0 radical (unpaired) electrons. The molecule has 5 heteroatoms. The average molecular weight is 311 g/mol. The summed E-state index contributed by atoms with van der Waals surface area (Å²) in [5.41, 5.74) is 1.74. The van der Waals surface area contributed by atoms with E-state index < -0.39 is 17.9 Å². The van der Waals surface area contributed by atoms with Crippen LogP contribution in [0.15, 0.2) is 48.5 Å². The minimum atomic E-state index is -0.954. The number of carbonyl (C=O) groups excluding carboxylic acids is 1. The molecule has 1 aliphatic heterocycles. The first-order valence-electron chi connectivity index (χ1n) is 7.27. The molecule has 1 aliphatic rings. The molecule has 0 bridgehead atoms. The van der Waals surface area contributed by atoms with E-state index in [0.29, 0.717) is 16.9 Å². The minimum absolute atomic E-state index is 0.175. The molecule has 1 heterocycles. The summed E-state index contributed by atoms with van der Waals surface area (Å²) in [7, 11) is 3.19. The van der Waals surface area contributed by atoms with Crippen LogP contribution < -0.4 is 4.74 Å². The number of carboxylic acids is 1. The number of fused-ring (bicyclic) bond motifs is 1. The Morgan fingerprint density at radius 2 is 1.91 bits per heavy atom. The molecule has 23 heavy (non-hydrogen) atoms. The highest BCUT2D eigenvalue weighted by atomic mass is 16.5. The minimum Gasteiger partial charge on any atom is -0.497 e. The van der Waals surface area contributed by atoms with Crippen LogP contribution >= 0.6 is 0 Å². The van der Waals surface area contributed by atoms with Gasteiger partial charge in [-0.15, -0.1) is 0 Å². The number of carboxylic acid groups (broad SMARTS) is 1. The van der Waals surface area contributed by atoms with E-state index in [9.17, 15) is 14.7 Å². The number of rotatable bonds is 3. The van der Waals surface area contributed by atoms with Gasteiger partial charge in [0.15, 0.2) is 0 Å². The number of likely N-dealkylation sites (N-methyl/N-ethyl adjacent to an activating group) is 1. The smallest absolute Gasteiger partial charge is 0.313 e. The van der Waals surface area contributed by atoms with E-state index >= 15 is 0 Å². The summed E-state index contributed by atoms with van der Waals surface area (Å²) < 4.78 is 5.22. The number of amides is 1. The number of nitrogens with zero attached hydrogens (tertiary/aromatic N) is 1. The molecule has 2 aromatic carbocycles. The van der Waals surface area contributed by atoms with E-state index in [1.54, 1.807) is 56.6 Å². The van der Waals surface area contributed by atoms with Gasteiger partial charge in [0.2, 0.25) is 0 Å². The van der Waals surface area contributed by atoms with Crippen LogP contribution in [-0.2, 0) is 4.79 Å². The molecule has 0 saturated carbocycles. The standard InChI is InChI=1S/C18H17NO4/c1-19-16(11-6-5-7-12(10-11)23-2)15(18(21)22)13-8-3-4-9-14(13)17(19)20/h3-10,15-16H,1-2H3,(H,21,22)/t15-,16+/m1/s1. The van der Waals surface area contributed by atoms with Gasteiger partial charge >= 0.3 is 5.97 Å². The second kappa shape index (κ2) is 5.76. The lowest BCUT2D eigenvalue weighted by atomic mass is 9.80. The first-order chi connectivity index (χ1) is 11.0. The van der Waals surface area contributed by atoms with Gasteiger partial charge in [-0.25, -0.2) is 0 Å². The number of hydrogen-bond acceptors (Lipinski definition) is 3. The predicted molar refractivity (Wildman–Crippen MR) is 84.6 cm³/mol. The third-order valence-electron chi connectivity index (χ3n) is 4.28. The first kappa shape index (κ1) is 15.1. The molecular weight excluding hydrogens is 294 g/mol. The van der Waals surface area contributed by atoms with Gasteiger partial charge in [-0.3, -0.25) is 9.59 Å². The Hall–Kier alpha value is -2.82. The van der Waals surface area contributed by atoms with Gasteiger partial charge in [-0.1, -0.05) is 30.3 Å². The van der Waals surface area contributed by atoms with E-state index in [0.717, 1.165) is 5.56 Å². The molecule has 0 unspecified atom stereocenters. The van der Waals surface area contributed by atoms with E-state index in [4.69, 9.17) is 4.74 Å². The van der Waals surface area contributed by atoms with E-state index in [1.807, 2.05) is 6.07 Å². The lowest BCUT2D eigenvalue weighted by molar-refractivity contribution is -0.140. The van der Waals surface area contributed by atoms with Crippen LogP contribution in [0.3, 0.4) is 0 Å². The van der Waals surface area contributed by atoms with Crippen LogP contribution in [0.1, 0.15) is 33.4 Å². The summed E-state index contributed by atoms with van der Waals surface area (Å²) in [5.74, 6) is -1.32. The van der Waals surface area contributed by atoms with Crippen LogP contribution in [0.4, 0.5) is 0 Å². The molecule has 0 spiro atoms. The topological polar surface area (TPSA) is 66.8 Å². The third-order valence-corrected chi connectivity index (χ3v) is 4.28. The van der Waals surface area contributed by atoms with Crippen molar-refractivity contribution >= 4 is 11.9 Å². The Bertz CT molecular complexity index is 771. The second-order valence-electron chi connectivity index (χ2n) is 5.54. The lowest BCUT2D eigenvalue weighted by Gasteiger charge is -2.38. The Labute approximate surface area is 134 Å². The number of benzene rings is 2. The number of hydrogen-bond donors (Lipinski definition) is 1. The Morgan fingerprint density at radius 1 is 1.17 bits per heavy atom. The molecule has 2 atom stereocenters. The number of carbonyl (C=O) groups is 2. The summed E-state index contributed by atoms with van der Waals surface area (Å²) in [6.45, 7) is 0. The van der Waals surface area contributed by atoms with Gasteiger partial charge in [0, 0.05) is 12.6 Å². The fourth-order valence-electron chi connectivity index (χ4n) is 3.18. The number of ether oxygens (including phenoxy) is 1. The van der Waals surface area contributed by atoms with Crippen LogP contribution in [0.2, 0.25) is 0 Å². The van der Waals surface area contributed by atoms with Crippen molar-refractivity contribution in [3.05, 3.63) is 65.2 Å². The lowest BCUT2D eigenvalue weighted by Crippen LogP contribution is -2.42. The average Bonchev–Trinajstić information content (AvgIpc) is 2.57. The summed E-state index contributed by atoms with van der Waals surface area (Å²) in [4.78, 5) is 26.1. The van der Waals surface area contributed by atoms with Gasteiger partial charge in [0.25, 0.3) is 5.91 Å². The second-order valence-corrected chi connectivity index (χ2v) is 5.54. The van der Waals surface area contributed by atoms with Crippen LogP contribution in [0, 0.1) is 0 Å². The maximum Gasteiger partial charge on any atom is 0.313 e. The van der Waals surface area contributed by atoms with Crippen molar-refractivity contribution in [1.82, 2.24) is 4.90 Å². The molecule has 2 aromatic rings. The fourth-order valence-corrected chi connectivity index (χ4v) is 3.18. The molecule has 0 saturated heterocycles. The van der Waals surface area contributed by atoms with Gasteiger partial charge in [0.05, 0.1) is 13.2 Å². The van der Waals surface area contributed by atoms with Gasteiger partial charge < -0.3 is 14.7 Å². The third kappa shape index (κ3) is 2.44. The highest BCUT2D eigenvalue weighted by Gasteiger charge is 2.42. The molecule has 0 fully saturated rings. The zero-order valence-electron chi connectivity index (χ0n) is 12.9. The SMILES string of the molecule is COc1cccc([C@H]2[C@H](C(=O)O)c3ccccc3C(=O)N2C)c1. The van der Waals surface area contributed by atoms with Gasteiger partial charge in [0.1, 0.15) is 11.7 Å². The number of aliphatic carboxylic acids is 1. The van der Waals surface area contributed by atoms with Crippen molar-refractivity contribution in [2.45, 2.75) is 12.0 Å². The predicted octanol–water partition coefficient (Wildman–Crippen LogP) is 2.69. The van der Waals surface area contributed by atoms with Gasteiger partial charge in [-0.05, 0) is 29.3 Å². The largest absolute Gasteiger partial charge is 0.497 e. The van der Waals surface area contributed by atoms with Gasteiger partial charge in [-0.2, -0.15) is 0 Å². The van der Waals surface area contributed by atoms with Crippen LogP contribution in [0.5, 0.6) is 5.75 Å². The Morgan fingerprint density at radius 3 is 2.61 bits per heavy atom. The molecule has 5 nitrogen and oxygen atoms in total. The molecule has 118 valence electrons. The Kier molecular flexibility index (Phi) is 3.78. The van der Waals surface area contributed by atoms with E-state index in [2.05, 4.69) is 0 Å². The van der Waals surface area contributed by atoms with Crippen molar-refractivity contribution in [1.29, 1.82) is 0 Å². The monoisotopic (exact) mass is 311 g/mol. The maximum atomic E-state index is 12.6. The van der Waals surface area contributed by atoms with Crippen molar-refractivity contribution in [3.8, 4) is 5.75 Å². The summed E-state index contributed by atoms with van der Waals surface area (Å²) >= 11 is 0. The molecule has 3 rings (SSSR count). The highest BCUT2D eigenvalue weighted by Crippen LogP contribution is 2.42. The van der Waals surface area contributed by atoms with Crippen LogP contribution in [0.25, 0.3) is 0 Å². The fraction of sp³-hybridized carbons (Fsp3) is 0.222. The van der Waals surface area contributed by atoms with Crippen molar-refractivity contribution in [2.75, 3.05) is 14.2 Å². The first-order valence-corrected chi connectivity index (χ1v) is 7.27. The number of methoxy groups -OCH3 is 1. The zero-order chi connectivity index (χ0) is 16.6. The van der Waals surface area contributed by atoms with E-state index in [1.165, 1.54) is 4.90 Å². The van der Waals surface area contributed by atoms with Crippen molar-refractivity contribution < 1.29 is 19.4 Å². The van der Waals surface area contributed by atoms with Crippen molar-refractivity contribution in [2.24, 2.45) is 0 Å². The highest BCUT2D eigenvalue weighted by molar-refractivity contribution is 6.00. The summed E-state index contributed by atoms with van der Waals surface area (Å²) in [5, 5.41) is 9.78. The zero-order valence-corrected chi connectivity index (χ0v) is 12.9. The summed E-state index contributed by atoms with van der Waals surface area (Å²) in [6, 6.07) is 13.5. The normalized spacial score (nSPS) is 20.1. The van der Waals surface area contributed by atoms with E-state index in [-0.39, 0.29) is 5.91 Å².